The second-order valence-electron chi connectivity index (χ2n) is 5.60. The highest BCUT2D eigenvalue weighted by Gasteiger charge is 2.14. The Bertz CT molecular complexity index is 956. The molecule has 3 aromatic rings. The van der Waals surface area contributed by atoms with Gasteiger partial charge in [0.25, 0.3) is 0 Å². The monoisotopic (exact) mass is 336 g/mol. The molecule has 0 fully saturated rings. The topological polar surface area (TPSA) is 61.9 Å². The molecule has 1 aromatic heterocycles. The molecule has 0 amide bonds. The molecular formula is C19H20N4O2. The zero-order chi connectivity index (χ0) is 17.8. The number of tetrazole rings is 1. The van der Waals surface area contributed by atoms with Crippen LogP contribution in [-0.2, 0) is 20.1 Å². The predicted octanol–water partition coefficient (Wildman–Crippen LogP) is 2.75. The number of aromatic nitrogens is 4. The van der Waals surface area contributed by atoms with E-state index in [1.54, 1.807) is 13.1 Å². The van der Waals surface area contributed by atoms with Gasteiger partial charge in [0.05, 0.1) is 5.69 Å². The van der Waals surface area contributed by atoms with Gasteiger partial charge in [-0.1, -0.05) is 49.9 Å². The first-order valence-electron chi connectivity index (χ1n) is 8.10. The molecule has 25 heavy (non-hydrogen) atoms. The van der Waals surface area contributed by atoms with E-state index in [0.29, 0.717) is 12.3 Å². The third-order valence-electron chi connectivity index (χ3n) is 4.08. The van der Waals surface area contributed by atoms with Gasteiger partial charge in [-0.2, -0.15) is 9.36 Å². The first-order valence-corrected chi connectivity index (χ1v) is 8.10. The fraction of sp³-hybridized carbons (Fsp3) is 0.211. The molecule has 0 saturated carbocycles. The highest BCUT2D eigenvalue weighted by molar-refractivity contribution is 5.58. The van der Waals surface area contributed by atoms with Crippen molar-refractivity contribution in [2.45, 2.75) is 20.0 Å². The highest BCUT2D eigenvalue weighted by Crippen LogP contribution is 2.24. The van der Waals surface area contributed by atoms with Gasteiger partial charge in [0, 0.05) is 12.6 Å². The predicted molar refractivity (Wildman–Crippen MR) is 96.8 cm³/mol. The third-order valence-corrected chi connectivity index (χ3v) is 4.08. The Kier molecular flexibility index (Phi) is 4.79. The quantitative estimate of drug-likeness (QED) is 0.694. The van der Waals surface area contributed by atoms with E-state index in [2.05, 4.69) is 23.9 Å². The molecule has 0 atom stereocenters. The summed E-state index contributed by atoms with van der Waals surface area (Å²) < 4.78 is 8.51. The molecule has 1 heterocycles. The molecule has 0 N–H and O–H groups in total. The van der Waals surface area contributed by atoms with Gasteiger partial charge >= 0.3 is 5.69 Å². The molecule has 128 valence electrons. The smallest absolute Gasteiger partial charge is 0.368 e. The van der Waals surface area contributed by atoms with Gasteiger partial charge < -0.3 is 4.74 Å². The Hall–Kier alpha value is -3.15. The maximum absolute atomic E-state index is 12.2. The van der Waals surface area contributed by atoms with Gasteiger partial charge in [-0.05, 0) is 40.1 Å². The largest absolute Gasteiger partial charge is 0.489 e. The first kappa shape index (κ1) is 16.7. The summed E-state index contributed by atoms with van der Waals surface area (Å²) in [6.07, 6.45) is 2.63. The number of hydrogen-bond acceptors (Lipinski definition) is 4. The lowest BCUT2D eigenvalue weighted by molar-refractivity contribution is 0.302. The summed E-state index contributed by atoms with van der Waals surface area (Å²) in [5.41, 5.74) is 3.20. The minimum atomic E-state index is -0.309. The van der Waals surface area contributed by atoms with Crippen LogP contribution in [0, 0.1) is 0 Å². The molecule has 6 nitrogen and oxygen atoms in total. The molecule has 0 aliphatic carbocycles. The van der Waals surface area contributed by atoms with Crippen LogP contribution >= 0.6 is 0 Å². The van der Waals surface area contributed by atoms with Crippen LogP contribution in [0.3, 0.4) is 0 Å². The summed E-state index contributed by atoms with van der Waals surface area (Å²) >= 11 is 0. The Balaban J connectivity index is 2.01. The Morgan fingerprint density at radius 3 is 2.64 bits per heavy atom. The average Bonchev–Trinajstić information content (AvgIpc) is 2.98. The van der Waals surface area contributed by atoms with Crippen molar-refractivity contribution in [1.82, 2.24) is 19.8 Å². The third kappa shape index (κ3) is 3.24. The molecule has 2 aromatic carbocycles. The zero-order valence-electron chi connectivity index (χ0n) is 14.3. The summed E-state index contributed by atoms with van der Waals surface area (Å²) in [5.74, 6) is 0.835. The summed E-state index contributed by atoms with van der Waals surface area (Å²) in [6, 6.07) is 13.6. The van der Waals surface area contributed by atoms with Crippen LogP contribution in [0.15, 0.2) is 53.8 Å². The highest BCUT2D eigenvalue weighted by atomic mass is 16.5. The second-order valence-corrected chi connectivity index (χ2v) is 5.60. The van der Waals surface area contributed by atoms with Gasteiger partial charge in [0.15, 0.2) is 0 Å². The van der Waals surface area contributed by atoms with Gasteiger partial charge in [-0.25, -0.2) is 4.79 Å². The number of hydrogen-bond donors (Lipinski definition) is 0. The lowest BCUT2D eigenvalue weighted by Crippen LogP contribution is -2.23. The maximum Gasteiger partial charge on any atom is 0.368 e. The molecule has 0 unspecified atom stereocenters. The minimum absolute atomic E-state index is 0.303. The molecule has 6 heteroatoms. The summed E-state index contributed by atoms with van der Waals surface area (Å²) in [4.78, 5) is 12.2. The number of nitrogens with zero attached hydrogens (tertiary/aromatic N) is 4. The van der Waals surface area contributed by atoms with Crippen molar-refractivity contribution in [2.75, 3.05) is 0 Å². The van der Waals surface area contributed by atoms with Crippen LogP contribution in [0.2, 0.25) is 0 Å². The Labute approximate surface area is 146 Å². The fourth-order valence-electron chi connectivity index (χ4n) is 2.69. The molecule has 0 saturated heterocycles. The van der Waals surface area contributed by atoms with Crippen molar-refractivity contribution in [3.05, 3.63) is 76.2 Å². The van der Waals surface area contributed by atoms with Crippen LogP contribution < -0.4 is 10.4 Å². The zero-order valence-corrected chi connectivity index (χ0v) is 14.3. The van der Waals surface area contributed by atoms with Crippen LogP contribution in [0.25, 0.3) is 11.8 Å². The van der Waals surface area contributed by atoms with Crippen molar-refractivity contribution >= 4 is 6.08 Å². The molecule has 0 radical (unpaired) electrons. The summed E-state index contributed by atoms with van der Waals surface area (Å²) in [6.45, 7) is 6.25. The van der Waals surface area contributed by atoms with Gasteiger partial charge in [-0.15, -0.1) is 0 Å². The number of aryl methyl sites for hydroxylation is 2. The van der Waals surface area contributed by atoms with Crippen LogP contribution in [-0.4, -0.2) is 19.8 Å². The fourth-order valence-corrected chi connectivity index (χ4v) is 2.69. The van der Waals surface area contributed by atoms with Gasteiger partial charge in [0.1, 0.15) is 12.4 Å². The first-order chi connectivity index (χ1) is 12.2. The Morgan fingerprint density at radius 1 is 1.16 bits per heavy atom. The molecule has 3 rings (SSSR count). The normalized spacial score (nSPS) is 10.6. The van der Waals surface area contributed by atoms with Gasteiger partial charge in [0.2, 0.25) is 0 Å². The molecule has 0 aliphatic heterocycles. The molecule has 0 spiro atoms. The summed E-state index contributed by atoms with van der Waals surface area (Å²) in [7, 11) is 1.57. The van der Waals surface area contributed by atoms with Crippen molar-refractivity contribution in [1.29, 1.82) is 0 Å². The number of para-hydroxylation sites is 1. The minimum Gasteiger partial charge on any atom is -0.489 e. The molecular weight excluding hydrogens is 316 g/mol. The van der Waals surface area contributed by atoms with Crippen molar-refractivity contribution in [3.63, 3.8) is 0 Å². The number of ether oxygens (including phenoxy) is 1. The second kappa shape index (κ2) is 7.17. The standard InChI is InChI=1S/C19H20N4O2/c1-4-14-10-8-11-17(23-19(24)22(3)20-21-23)16(14)13-25-18-12-7-6-9-15(18)5-2/h4,6-12H,1,5,13H2,2-3H3. The lowest BCUT2D eigenvalue weighted by atomic mass is 10.1. The van der Waals surface area contributed by atoms with Crippen molar-refractivity contribution in [3.8, 4) is 11.4 Å². The van der Waals surface area contributed by atoms with E-state index >= 15 is 0 Å². The van der Waals surface area contributed by atoms with Crippen LogP contribution in [0.4, 0.5) is 0 Å². The van der Waals surface area contributed by atoms with Crippen molar-refractivity contribution < 1.29 is 4.74 Å². The van der Waals surface area contributed by atoms with E-state index in [1.807, 2.05) is 42.5 Å². The van der Waals surface area contributed by atoms with E-state index in [0.717, 1.165) is 28.9 Å². The van der Waals surface area contributed by atoms with E-state index in [-0.39, 0.29) is 5.69 Å². The van der Waals surface area contributed by atoms with E-state index in [4.69, 9.17) is 4.74 Å². The molecule has 0 bridgehead atoms. The average molecular weight is 336 g/mol. The van der Waals surface area contributed by atoms with Crippen LogP contribution in [0.1, 0.15) is 23.6 Å². The molecule has 0 aliphatic rings. The maximum atomic E-state index is 12.2. The lowest BCUT2D eigenvalue weighted by Gasteiger charge is -2.15. The van der Waals surface area contributed by atoms with Gasteiger partial charge in [-0.3, -0.25) is 0 Å². The number of benzene rings is 2. The van der Waals surface area contributed by atoms with E-state index in [1.165, 1.54) is 9.36 Å². The summed E-state index contributed by atoms with van der Waals surface area (Å²) in [5, 5.41) is 7.72. The van der Waals surface area contributed by atoms with Crippen molar-refractivity contribution in [2.24, 2.45) is 7.05 Å². The van der Waals surface area contributed by atoms with Crippen LogP contribution in [0.5, 0.6) is 5.75 Å². The Morgan fingerprint density at radius 2 is 1.96 bits per heavy atom. The van der Waals surface area contributed by atoms with E-state index in [9.17, 15) is 4.79 Å². The SMILES string of the molecule is C=Cc1cccc(-n2nnn(C)c2=O)c1COc1ccccc1CC. The number of rotatable bonds is 6. The van der Waals surface area contributed by atoms with E-state index < -0.39 is 0 Å².